The van der Waals surface area contributed by atoms with E-state index < -0.39 is 35.2 Å². The van der Waals surface area contributed by atoms with Crippen LogP contribution in [0.5, 0.6) is 0 Å². The SMILES string of the molecule is COC(=O)C[C@@H]([NH2+][C@H]1C(=O)c2ccccc2C(=O)[C@H]1Cl)C(=O)OC. The van der Waals surface area contributed by atoms with Crippen molar-refractivity contribution in [3.05, 3.63) is 35.4 Å². The molecular formula is C16H17ClNO6+. The van der Waals surface area contributed by atoms with Crippen molar-refractivity contribution in [2.45, 2.75) is 23.9 Å². The molecule has 128 valence electrons. The monoisotopic (exact) mass is 354 g/mol. The molecule has 2 rings (SSSR count). The number of esters is 2. The summed E-state index contributed by atoms with van der Waals surface area (Å²) in [5, 5.41) is 0.161. The van der Waals surface area contributed by atoms with Gasteiger partial charge in [0.1, 0.15) is 6.42 Å². The summed E-state index contributed by atoms with van der Waals surface area (Å²) in [4.78, 5) is 48.4. The average Bonchev–Trinajstić information content (AvgIpc) is 2.61. The molecule has 1 aliphatic rings. The van der Waals surface area contributed by atoms with Gasteiger partial charge in [0.15, 0.2) is 23.2 Å². The first-order chi connectivity index (χ1) is 11.4. The van der Waals surface area contributed by atoms with Gasteiger partial charge in [0.05, 0.1) is 14.2 Å². The summed E-state index contributed by atoms with van der Waals surface area (Å²) < 4.78 is 9.19. The standard InChI is InChI=1S/C16H16ClNO6/c1-23-11(19)7-10(16(22)24-2)18-13-12(17)14(20)8-5-3-4-6-9(8)15(13)21/h3-6,10,12-13,18H,7H2,1-2H3/p+1/t10-,12+,13-/m1/s1. The Hall–Kier alpha value is -2.25. The highest BCUT2D eigenvalue weighted by atomic mass is 35.5. The predicted octanol–water partition coefficient (Wildman–Crippen LogP) is -0.290. The van der Waals surface area contributed by atoms with Gasteiger partial charge in [-0.15, -0.1) is 11.6 Å². The Morgan fingerprint density at radius 1 is 1.12 bits per heavy atom. The first-order valence-corrected chi connectivity index (χ1v) is 7.65. The van der Waals surface area contributed by atoms with Crippen molar-refractivity contribution in [1.82, 2.24) is 0 Å². The minimum absolute atomic E-state index is 0.252. The molecule has 1 aromatic carbocycles. The van der Waals surface area contributed by atoms with Crippen LogP contribution in [0.1, 0.15) is 27.1 Å². The quantitative estimate of drug-likeness (QED) is 0.575. The summed E-state index contributed by atoms with van der Waals surface area (Å²) in [6.45, 7) is 0. The number of hydrogen-bond acceptors (Lipinski definition) is 6. The number of alkyl halides is 1. The first kappa shape index (κ1) is 18.1. The summed E-state index contributed by atoms with van der Waals surface area (Å²) in [7, 11) is 2.36. The fourth-order valence-electron chi connectivity index (χ4n) is 2.62. The number of carbonyl (C=O) groups excluding carboxylic acids is 4. The lowest BCUT2D eigenvalue weighted by molar-refractivity contribution is -0.695. The lowest BCUT2D eigenvalue weighted by Crippen LogP contribution is -3.00. The van der Waals surface area contributed by atoms with E-state index in [-0.39, 0.29) is 23.3 Å². The Kier molecular flexibility index (Phi) is 5.69. The third-order valence-corrected chi connectivity index (χ3v) is 4.35. The Labute approximate surface area is 143 Å². The van der Waals surface area contributed by atoms with Gasteiger partial charge >= 0.3 is 11.9 Å². The summed E-state index contributed by atoms with van der Waals surface area (Å²) >= 11 is 6.15. The fourth-order valence-corrected chi connectivity index (χ4v) is 2.93. The van der Waals surface area contributed by atoms with E-state index in [1.165, 1.54) is 31.7 Å². The summed E-state index contributed by atoms with van der Waals surface area (Å²) in [6, 6.07) is 4.30. The topological polar surface area (TPSA) is 103 Å². The second-order valence-electron chi connectivity index (χ2n) is 5.30. The van der Waals surface area contributed by atoms with E-state index in [9.17, 15) is 19.2 Å². The molecule has 24 heavy (non-hydrogen) atoms. The number of methoxy groups -OCH3 is 2. The Morgan fingerprint density at radius 2 is 1.71 bits per heavy atom. The number of carbonyl (C=O) groups is 4. The van der Waals surface area contributed by atoms with Crippen LogP contribution >= 0.6 is 11.6 Å². The van der Waals surface area contributed by atoms with E-state index in [2.05, 4.69) is 9.47 Å². The van der Waals surface area contributed by atoms with Gasteiger partial charge in [-0.25, -0.2) is 4.79 Å². The molecule has 0 amide bonds. The van der Waals surface area contributed by atoms with Gasteiger partial charge in [0.2, 0.25) is 5.78 Å². The van der Waals surface area contributed by atoms with E-state index in [4.69, 9.17) is 11.6 Å². The van der Waals surface area contributed by atoms with Gasteiger partial charge in [0.25, 0.3) is 0 Å². The van der Waals surface area contributed by atoms with Crippen LogP contribution < -0.4 is 5.32 Å². The highest BCUT2D eigenvalue weighted by Crippen LogP contribution is 2.23. The number of rotatable bonds is 5. The molecule has 2 N–H and O–H groups in total. The van der Waals surface area contributed by atoms with E-state index in [0.29, 0.717) is 0 Å². The number of ether oxygens (including phenoxy) is 2. The molecule has 0 saturated carbocycles. The highest BCUT2D eigenvalue weighted by molar-refractivity contribution is 6.39. The number of Topliss-reactive ketones (excluding diaryl/α,β-unsaturated/α-hetero) is 2. The van der Waals surface area contributed by atoms with E-state index in [1.54, 1.807) is 12.1 Å². The lowest BCUT2D eigenvalue weighted by atomic mass is 9.85. The molecule has 1 aromatic rings. The van der Waals surface area contributed by atoms with Gasteiger partial charge in [-0.1, -0.05) is 24.3 Å². The predicted molar refractivity (Wildman–Crippen MR) is 82.9 cm³/mol. The minimum atomic E-state index is -1.14. The number of quaternary nitrogens is 1. The van der Waals surface area contributed by atoms with Gasteiger partial charge in [-0.2, -0.15) is 0 Å². The van der Waals surface area contributed by atoms with E-state index >= 15 is 0 Å². The number of nitrogens with two attached hydrogens (primary N) is 1. The molecule has 8 heteroatoms. The number of ketones is 2. The number of fused-ring (bicyclic) bond motifs is 1. The average molecular weight is 355 g/mol. The van der Waals surface area contributed by atoms with Crippen LogP contribution in [-0.2, 0) is 19.1 Å². The van der Waals surface area contributed by atoms with Crippen molar-refractivity contribution >= 4 is 35.1 Å². The van der Waals surface area contributed by atoms with Crippen LogP contribution in [-0.4, -0.2) is 55.2 Å². The molecule has 0 saturated heterocycles. The van der Waals surface area contributed by atoms with E-state index in [1.807, 2.05) is 0 Å². The van der Waals surface area contributed by atoms with Crippen molar-refractivity contribution in [3.8, 4) is 0 Å². The Balaban J connectivity index is 2.29. The van der Waals surface area contributed by atoms with Crippen LogP contribution in [0.3, 0.4) is 0 Å². The van der Waals surface area contributed by atoms with Crippen molar-refractivity contribution in [3.63, 3.8) is 0 Å². The molecule has 3 atom stereocenters. The van der Waals surface area contributed by atoms with Crippen molar-refractivity contribution in [2.75, 3.05) is 14.2 Å². The number of benzene rings is 1. The number of halogens is 1. The highest BCUT2D eigenvalue weighted by Gasteiger charge is 2.45. The molecule has 1 aliphatic carbocycles. The van der Waals surface area contributed by atoms with Crippen LogP contribution in [0.2, 0.25) is 0 Å². The largest absolute Gasteiger partial charge is 0.469 e. The van der Waals surface area contributed by atoms with Crippen LogP contribution in [0, 0.1) is 0 Å². The molecule has 0 radical (unpaired) electrons. The van der Waals surface area contributed by atoms with Gasteiger partial charge in [0, 0.05) is 11.1 Å². The van der Waals surface area contributed by atoms with Gasteiger partial charge in [-0.3, -0.25) is 14.4 Å². The fraction of sp³-hybridized carbons (Fsp3) is 0.375. The van der Waals surface area contributed by atoms with Gasteiger partial charge in [-0.05, 0) is 0 Å². The molecule has 0 aromatic heterocycles. The molecule has 0 fully saturated rings. The molecule has 0 spiro atoms. The Bertz CT molecular complexity index is 689. The third kappa shape index (κ3) is 3.47. The van der Waals surface area contributed by atoms with Crippen molar-refractivity contribution < 1.29 is 34.0 Å². The lowest BCUT2D eigenvalue weighted by Gasteiger charge is -2.27. The molecule has 0 heterocycles. The maximum absolute atomic E-state index is 12.6. The van der Waals surface area contributed by atoms with Crippen molar-refractivity contribution in [2.24, 2.45) is 0 Å². The number of hydrogen-bond donors (Lipinski definition) is 1. The molecular weight excluding hydrogens is 338 g/mol. The smallest absolute Gasteiger partial charge is 0.365 e. The zero-order valence-corrected chi connectivity index (χ0v) is 13.9. The molecule has 0 unspecified atom stereocenters. The maximum atomic E-state index is 12.6. The summed E-state index contributed by atoms with van der Waals surface area (Å²) in [5.41, 5.74) is 0.511. The zero-order valence-electron chi connectivity index (χ0n) is 13.2. The van der Waals surface area contributed by atoms with Crippen LogP contribution in [0.4, 0.5) is 0 Å². The molecule has 0 aliphatic heterocycles. The van der Waals surface area contributed by atoms with Crippen LogP contribution in [0.25, 0.3) is 0 Å². The van der Waals surface area contributed by atoms with Crippen LogP contribution in [0.15, 0.2) is 24.3 Å². The Morgan fingerprint density at radius 3 is 2.25 bits per heavy atom. The third-order valence-electron chi connectivity index (χ3n) is 3.88. The normalized spacial score (nSPS) is 21.0. The summed E-state index contributed by atoms with van der Waals surface area (Å²) in [6.07, 6.45) is -0.299. The molecule has 7 nitrogen and oxygen atoms in total. The minimum Gasteiger partial charge on any atom is -0.469 e. The van der Waals surface area contributed by atoms with Gasteiger partial charge < -0.3 is 14.8 Å². The molecule has 0 bridgehead atoms. The second kappa shape index (κ2) is 7.55. The second-order valence-corrected chi connectivity index (χ2v) is 5.77. The first-order valence-electron chi connectivity index (χ1n) is 7.21. The maximum Gasteiger partial charge on any atom is 0.365 e. The summed E-state index contributed by atoms with van der Waals surface area (Å²) in [5.74, 6) is -2.11. The van der Waals surface area contributed by atoms with E-state index in [0.717, 1.165) is 0 Å². The van der Waals surface area contributed by atoms with Crippen molar-refractivity contribution in [1.29, 1.82) is 0 Å². The zero-order chi connectivity index (χ0) is 17.9.